The van der Waals surface area contributed by atoms with Crippen molar-refractivity contribution < 1.29 is 4.74 Å². The zero-order valence-electron chi connectivity index (χ0n) is 8.17. The molecule has 1 aromatic rings. The highest BCUT2D eigenvalue weighted by Gasteiger charge is 2.14. The minimum absolute atomic E-state index is 0.251. The van der Waals surface area contributed by atoms with Crippen molar-refractivity contribution in [1.82, 2.24) is 10.3 Å². The van der Waals surface area contributed by atoms with Crippen LogP contribution in [-0.2, 0) is 0 Å². The van der Waals surface area contributed by atoms with Crippen LogP contribution in [0, 0.1) is 0 Å². The normalized spacial score (nSPS) is 17.7. The molecule has 1 aliphatic rings. The largest absolute Gasteiger partial charge is 0.490 e. The predicted octanol–water partition coefficient (Wildman–Crippen LogP) is 2.52. The molecular weight excluding hydrogens is 235 g/mol. The Balaban J connectivity index is 2.02. The first-order valence-electron chi connectivity index (χ1n) is 4.94. The van der Waals surface area contributed by atoms with E-state index in [1.165, 1.54) is 0 Å². The van der Waals surface area contributed by atoms with Gasteiger partial charge in [-0.1, -0.05) is 23.2 Å². The molecule has 82 valence electrons. The lowest BCUT2D eigenvalue weighted by Crippen LogP contribution is -2.34. The number of nitrogens with zero attached hydrogens (tertiary/aromatic N) is 1. The van der Waals surface area contributed by atoms with Crippen molar-refractivity contribution in [2.24, 2.45) is 0 Å². The van der Waals surface area contributed by atoms with Gasteiger partial charge in [-0.05, 0) is 25.9 Å². The maximum absolute atomic E-state index is 5.78. The number of pyridine rings is 1. The monoisotopic (exact) mass is 246 g/mol. The van der Waals surface area contributed by atoms with E-state index in [0.717, 1.165) is 25.9 Å². The number of nitrogens with one attached hydrogen (secondary N) is 1. The van der Waals surface area contributed by atoms with Crippen LogP contribution in [0.4, 0.5) is 0 Å². The second kappa shape index (κ2) is 5.01. The maximum Gasteiger partial charge on any atom is 0.134 e. The smallest absolute Gasteiger partial charge is 0.134 e. The summed E-state index contributed by atoms with van der Waals surface area (Å²) in [5.74, 6) is 0.701. The second-order valence-corrected chi connectivity index (χ2v) is 4.29. The van der Waals surface area contributed by atoms with E-state index in [1.807, 2.05) is 0 Å². The lowest BCUT2D eigenvalue weighted by molar-refractivity contribution is 0.162. The molecule has 0 amide bonds. The second-order valence-electron chi connectivity index (χ2n) is 3.52. The van der Waals surface area contributed by atoms with E-state index >= 15 is 0 Å². The van der Waals surface area contributed by atoms with Gasteiger partial charge in [0.2, 0.25) is 0 Å². The van der Waals surface area contributed by atoms with Gasteiger partial charge in [-0.2, -0.15) is 0 Å². The average molecular weight is 247 g/mol. The summed E-state index contributed by atoms with van der Waals surface area (Å²) in [5, 5.41) is 4.01. The fourth-order valence-corrected chi connectivity index (χ4v) is 2.06. The summed E-state index contributed by atoms with van der Waals surface area (Å²) in [6.45, 7) is 1.99. The van der Waals surface area contributed by atoms with Crippen molar-refractivity contribution in [2.45, 2.75) is 18.9 Å². The molecule has 1 aliphatic heterocycles. The number of halogens is 2. The minimum Gasteiger partial charge on any atom is -0.490 e. The summed E-state index contributed by atoms with van der Waals surface area (Å²) in [6, 6.07) is 3.38. The molecule has 2 rings (SSSR count). The number of piperidine rings is 1. The van der Waals surface area contributed by atoms with E-state index in [2.05, 4.69) is 10.3 Å². The van der Waals surface area contributed by atoms with Gasteiger partial charge in [0.1, 0.15) is 22.2 Å². The molecule has 0 spiro atoms. The first-order chi connectivity index (χ1) is 7.24. The van der Waals surface area contributed by atoms with Gasteiger partial charge in [0.25, 0.3) is 0 Å². The van der Waals surface area contributed by atoms with Gasteiger partial charge < -0.3 is 10.1 Å². The van der Waals surface area contributed by atoms with Crippen LogP contribution in [-0.4, -0.2) is 24.2 Å². The van der Waals surface area contributed by atoms with Crippen molar-refractivity contribution in [3.63, 3.8) is 0 Å². The molecule has 2 heterocycles. The zero-order chi connectivity index (χ0) is 10.7. The summed E-state index contributed by atoms with van der Waals surface area (Å²) in [7, 11) is 0. The summed E-state index contributed by atoms with van der Waals surface area (Å²) in [6.07, 6.45) is 2.27. The van der Waals surface area contributed by atoms with Crippen molar-refractivity contribution in [3.05, 3.63) is 22.4 Å². The van der Waals surface area contributed by atoms with Crippen molar-refractivity contribution in [3.8, 4) is 5.75 Å². The molecule has 1 N–H and O–H groups in total. The Morgan fingerprint density at radius 1 is 1.20 bits per heavy atom. The van der Waals surface area contributed by atoms with Crippen molar-refractivity contribution in [1.29, 1.82) is 0 Å². The first kappa shape index (κ1) is 11.0. The van der Waals surface area contributed by atoms with Gasteiger partial charge in [-0.3, -0.25) is 0 Å². The van der Waals surface area contributed by atoms with Crippen LogP contribution >= 0.6 is 23.2 Å². The maximum atomic E-state index is 5.78. The standard InChI is InChI=1S/C10H12Cl2N2O/c11-9-5-8(6-10(12)14-9)15-7-1-3-13-4-2-7/h5-7,13H,1-4H2. The Bertz CT molecular complexity index is 320. The van der Waals surface area contributed by atoms with E-state index < -0.39 is 0 Å². The third kappa shape index (κ3) is 3.23. The van der Waals surface area contributed by atoms with Crippen LogP contribution in [0.5, 0.6) is 5.75 Å². The molecule has 0 saturated carbocycles. The SMILES string of the molecule is Clc1cc(OC2CCNCC2)cc(Cl)n1. The number of hydrogen-bond acceptors (Lipinski definition) is 3. The molecule has 0 atom stereocenters. The number of ether oxygens (including phenoxy) is 1. The van der Waals surface area contributed by atoms with Crippen LogP contribution in [0.25, 0.3) is 0 Å². The first-order valence-corrected chi connectivity index (χ1v) is 5.70. The Kier molecular flexibility index (Phi) is 3.67. The Hall–Kier alpha value is -0.510. The Labute approximate surface area is 98.7 Å². The minimum atomic E-state index is 0.251. The molecular formula is C10H12Cl2N2O. The Morgan fingerprint density at radius 2 is 1.80 bits per heavy atom. The molecule has 5 heteroatoms. The van der Waals surface area contributed by atoms with Crippen LogP contribution in [0.2, 0.25) is 10.3 Å². The number of rotatable bonds is 2. The van der Waals surface area contributed by atoms with Crippen molar-refractivity contribution >= 4 is 23.2 Å². The average Bonchev–Trinajstić information content (AvgIpc) is 2.17. The molecule has 0 aliphatic carbocycles. The van der Waals surface area contributed by atoms with Crippen LogP contribution < -0.4 is 10.1 Å². The highest BCUT2D eigenvalue weighted by Crippen LogP contribution is 2.23. The van der Waals surface area contributed by atoms with Gasteiger partial charge in [0.15, 0.2) is 0 Å². The molecule has 0 radical (unpaired) electrons. The summed E-state index contributed by atoms with van der Waals surface area (Å²) in [5.41, 5.74) is 0. The van der Waals surface area contributed by atoms with Gasteiger partial charge in [0.05, 0.1) is 0 Å². The summed E-state index contributed by atoms with van der Waals surface area (Å²) < 4.78 is 5.77. The van der Waals surface area contributed by atoms with Crippen LogP contribution in [0.1, 0.15) is 12.8 Å². The van der Waals surface area contributed by atoms with E-state index in [-0.39, 0.29) is 6.10 Å². The van der Waals surface area contributed by atoms with Crippen molar-refractivity contribution in [2.75, 3.05) is 13.1 Å². The van der Waals surface area contributed by atoms with Gasteiger partial charge in [0, 0.05) is 12.1 Å². The molecule has 0 aromatic carbocycles. The quantitative estimate of drug-likeness (QED) is 0.815. The highest BCUT2D eigenvalue weighted by atomic mass is 35.5. The van der Waals surface area contributed by atoms with Gasteiger partial charge in [-0.15, -0.1) is 0 Å². The highest BCUT2D eigenvalue weighted by molar-refractivity contribution is 6.32. The van der Waals surface area contributed by atoms with E-state index in [9.17, 15) is 0 Å². The summed E-state index contributed by atoms with van der Waals surface area (Å²) >= 11 is 11.6. The molecule has 1 fully saturated rings. The Morgan fingerprint density at radius 3 is 2.40 bits per heavy atom. The molecule has 3 nitrogen and oxygen atoms in total. The zero-order valence-corrected chi connectivity index (χ0v) is 9.68. The lowest BCUT2D eigenvalue weighted by Gasteiger charge is -2.23. The topological polar surface area (TPSA) is 34.1 Å². The molecule has 1 aromatic heterocycles. The molecule has 1 saturated heterocycles. The van der Waals surface area contributed by atoms with E-state index in [4.69, 9.17) is 27.9 Å². The molecule has 0 bridgehead atoms. The van der Waals surface area contributed by atoms with Crippen LogP contribution in [0.3, 0.4) is 0 Å². The predicted molar refractivity (Wildman–Crippen MR) is 60.8 cm³/mol. The summed E-state index contributed by atoms with van der Waals surface area (Å²) in [4.78, 5) is 3.87. The fourth-order valence-electron chi connectivity index (χ4n) is 1.62. The van der Waals surface area contributed by atoms with Crippen LogP contribution in [0.15, 0.2) is 12.1 Å². The molecule has 15 heavy (non-hydrogen) atoms. The van der Waals surface area contributed by atoms with Gasteiger partial charge in [-0.25, -0.2) is 4.98 Å². The van der Waals surface area contributed by atoms with E-state index in [1.54, 1.807) is 12.1 Å². The molecule has 0 unspecified atom stereocenters. The number of aromatic nitrogens is 1. The van der Waals surface area contributed by atoms with E-state index in [0.29, 0.717) is 16.1 Å². The van der Waals surface area contributed by atoms with Gasteiger partial charge >= 0.3 is 0 Å². The third-order valence-corrected chi connectivity index (χ3v) is 2.71. The fraction of sp³-hybridized carbons (Fsp3) is 0.500. The lowest BCUT2D eigenvalue weighted by atomic mass is 10.1. The number of hydrogen-bond donors (Lipinski definition) is 1. The third-order valence-electron chi connectivity index (χ3n) is 2.33.